The van der Waals surface area contributed by atoms with Crippen LogP contribution >= 0.6 is 0 Å². The molecule has 9 nitrogen and oxygen atoms in total. The summed E-state index contributed by atoms with van der Waals surface area (Å²) < 4.78 is 7.29. The predicted molar refractivity (Wildman–Crippen MR) is 102 cm³/mol. The van der Waals surface area contributed by atoms with Crippen LogP contribution in [0.25, 0.3) is 0 Å². The van der Waals surface area contributed by atoms with Crippen LogP contribution < -0.4 is 10.6 Å². The molecule has 0 saturated carbocycles. The Balaban J connectivity index is 1.88. The normalized spacial score (nSPS) is 17.2. The Morgan fingerprint density at radius 2 is 2.14 bits per heavy atom. The van der Waals surface area contributed by atoms with Crippen molar-refractivity contribution in [2.45, 2.75) is 44.9 Å². The number of amides is 2. The minimum absolute atomic E-state index is 0.0555. The summed E-state index contributed by atoms with van der Waals surface area (Å²) in [6.07, 6.45) is 5.59. The molecule has 2 aromatic rings. The van der Waals surface area contributed by atoms with Crippen LogP contribution in [0, 0.1) is 0 Å². The van der Waals surface area contributed by atoms with Crippen molar-refractivity contribution in [3.05, 3.63) is 42.0 Å². The summed E-state index contributed by atoms with van der Waals surface area (Å²) in [4.78, 5) is 29.3. The average Bonchev–Trinajstić information content (AvgIpc) is 3.13. The predicted octanol–water partition coefficient (Wildman–Crippen LogP) is 1.73. The number of hydrogen-bond donors (Lipinski definition) is 3. The number of ether oxygens (including phenoxy) is 1. The lowest BCUT2D eigenvalue weighted by Gasteiger charge is -2.23. The monoisotopic (exact) mass is 387 g/mol. The van der Waals surface area contributed by atoms with Gasteiger partial charge in [0.05, 0.1) is 24.0 Å². The summed E-state index contributed by atoms with van der Waals surface area (Å²) in [7, 11) is 0. The zero-order valence-electron chi connectivity index (χ0n) is 16.0. The zero-order valence-corrected chi connectivity index (χ0v) is 16.0. The molecule has 0 aromatic carbocycles. The van der Waals surface area contributed by atoms with Gasteiger partial charge in [0.25, 0.3) is 11.8 Å². The van der Waals surface area contributed by atoms with Gasteiger partial charge in [0, 0.05) is 12.8 Å². The number of anilines is 1. The third-order valence-electron chi connectivity index (χ3n) is 4.39. The number of aliphatic hydroxyl groups excluding tert-OH is 1. The van der Waals surface area contributed by atoms with E-state index in [4.69, 9.17) is 4.74 Å². The number of pyridine rings is 1. The minimum atomic E-state index is -0.829. The van der Waals surface area contributed by atoms with Crippen molar-refractivity contribution >= 4 is 17.5 Å². The molecule has 1 atom stereocenters. The van der Waals surface area contributed by atoms with Gasteiger partial charge in [-0.25, -0.2) is 4.68 Å². The first-order valence-electron chi connectivity index (χ1n) is 9.26. The molecule has 3 rings (SSSR count). The molecule has 1 fully saturated rings. The van der Waals surface area contributed by atoms with Crippen LogP contribution in [0.15, 0.2) is 30.6 Å². The molecule has 0 aliphatic carbocycles. The highest BCUT2D eigenvalue weighted by atomic mass is 16.5. The molecule has 3 N–H and O–H groups in total. The molecule has 9 heteroatoms. The van der Waals surface area contributed by atoms with Gasteiger partial charge in [0.15, 0.2) is 5.69 Å². The van der Waals surface area contributed by atoms with Crippen LogP contribution in [-0.2, 0) is 4.74 Å². The number of nitrogens with one attached hydrogen (secondary N) is 2. The molecule has 3 heterocycles. The first-order valence-corrected chi connectivity index (χ1v) is 9.26. The van der Waals surface area contributed by atoms with Gasteiger partial charge in [0.2, 0.25) is 0 Å². The van der Waals surface area contributed by atoms with Crippen LogP contribution in [0.2, 0.25) is 0 Å². The van der Waals surface area contributed by atoms with E-state index in [-0.39, 0.29) is 29.9 Å². The summed E-state index contributed by atoms with van der Waals surface area (Å²) >= 11 is 0. The molecular weight excluding hydrogens is 362 g/mol. The quantitative estimate of drug-likeness (QED) is 0.695. The highest BCUT2D eigenvalue weighted by molar-refractivity contribution is 6.07. The SMILES string of the molecule is CC(C)(CO)NC(=O)c1nn(C2CCCCO2)cc1NC(=O)c1ccccn1. The highest BCUT2D eigenvalue weighted by Gasteiger charge is 2.27. The van der Waals surface area contributed by atoms with Crippen molar-refractivity contribution in [2.24, 2.45) is 0 Å². The maximum atomic E-state index is 12.7. The summed E-state index contributed by atoms with van der Waals surface area (Å²) in [5, 5.41) is 19.2. The number of carbonyl (C=O) groups is 2. The molecule has 1 aliphatic heterocycles. The minimum Gasteiger partial charge on any atom is -0.394 e. The van der Waals surface area contributed by atoms with Crippen molar-refractivity contribution in [3.8, 4) is 0 Å². The number of aromatic nitrogens is 3. The van der Waals surface area contributed by atoms with Crippen LogP contribution in [0.1, 0.15) is 60.3 Å². The Kier molecular flexibility index (Phi) is 6.05. The maximum absolute atomic E-state index is 12.7. The second-order valence-corrected chi connectivity index (χ2v) is 7.36. The largest absolute Gasteiger partial charge is 0.394 e. The van der Waals surface area contributed by atoms with E-state index in [1.165, 1.54) is 6.20 Å². The Hall–Kier alpha value is -2.78. The van der Waals surface area contributed by atoms with E-state index < -0.39 is 17.4 Å². The van der Waals surface area contributed by atoms with Crippen molar-refractivity contribution in [1.29, 1.82) is 0 Å². The highest BCUT2D eigenvalue weighted by Crippen LogP contribution is 2.25. The molecule has 0 bridgehead atoms. The van der Waals surface area contributed by atoms with Gasteiger partial charge >= 0.3 is 0 Å². The summed E-state index contributed by atoms with van der Waals surface area (Å²) in [6, 6.07) is 5.00. The third kappa shape index (κ3) is 4.73. The molecule has 1 unspecified atom stereocenters. The van der Waals surface area contributed by atoms with Gasteiger partial charge in [-0.2, -0.15) is 5.10 Å². The molecule has 0 radical (unpaired) electrons. The molecule has 2 aromatic heterocycles. The first kappa shape index (κ1) is 20.0. The number of hydrogen-bond acceptors (Lipinski definition) is 6. The van der Waals surface area contributed by atoms with Crippen LogP contribution in [-0.4, -0.2) is 50.4 Å². The van der Waals surface area contributed by atoms with Gasteiger partial charge in [-0.15, -0.1) is 0 Å². The number of aliphatic hydroxyl groups is 1. The Morgan fingerprint density at radius 1 is 1.32 bits per heavy atom. The Labute approximate surface area is 163 Å². The van der Waals surface area contributed by atoms with E-state index >= 15 is 0 Å². The van der Waals surface area contributed by atoms with Crippen LogP contribution in [0.5, 0.6) is 0 Å². The Morgan fingerprint density at radius 3 is 2.79 bits per heavy atom. The fourth-order valence-corrected chi connectivity index (χ4v) is 2.82. The third-order valence-corrected chi connectivity index (χ3v) is 4.39. The fraction of sp³-hybridized carbons (Fsp3) is 0.474. The van der Waals surface area contributed by atoms with E-state index in [1.807, 2.05) is 0 Å². The summed E-state index contributed by atoms with van der Waals surface area (Å²) in [5.74, 6) is -0.940. The fourth-order valence-electron chi connectivity index (χ4n) is 2.82. The Bertz CT molecular complexity index is 828. The van der Waals surface area contributed by atoms with Crippen molar-refractivity contribution in [2.75, 3.05) is 18.5 Å². The van der Waals surface area contributed by atoms with Crippen molar-refractivity contribution in [1.82, 2.24) is 20.1 Å². The lowest BCUT2D eigenvalue weighted by molar-refractivity contribution is -0.0395. The molecule has 1 saturated heterocycles. The van der Waals surface area contributed by atoms with Gasteiger partial charge in [-0.05, 0) is 45.2 Å². The van der Waals surface area contributed by atoms with Crippen LogP contribution in [0.4, 0.5) is 5.69 Å². The van der Waals surface area contributed by atoms with E-state index in [0.717, 1.165) is 19.3 Å². The molecule has 28 heavy (non-hydrogen) atoms. The average molecular weight is 387 g/mol. The standard InChI is InChI=1S/C19H25N5O4/c1-19(2,12-25)22-18(27)16-14(21-17(26)13-7-3-5-9-20-13)11-24(23-16)15-8-4-6-10-28-15/h3,5,7,9,11,15,25H,4,6,8,10,12H2,1-2H3,(H,21,26)(H,22,27). The smallest absolute Gasteiger partial charge is 0.274 e. The molecule has 0 spiro atoms. The number of rotatable bonds is 6. The second kappa shape index (κ2) is 8.49. The summed E-state index contributed by atoms with van der Waals surface area (Å²) in [6.45, 7) is 3.77. The van der Waals surface area contributed by atoms with Crippen LogP contribution in [0.3, 0.4) is 0 Å². The van der Waals surface area contributed by atoms with Crippen molar-refractivity contribution in [3.63, 3.8) is 0 Å². The van der Waals surface area contributed by atoms with Gasteiger partial charge in [-0.3, -0.25) is 14.6 Å². The van der Waals surface area contributed by atoms with Crippen molar-refractivity contribution < 1.29 is 19.4 Å². The molecule has 2 amide bonds. The van der Waals surface area contributed by atoms with E-state index in [9.17, 15) is 14.7 Å². The zero-order chi connectivity index (χ0) is 20.1. The molecular formula is C19H25N5O4. The number of nitrogens with zero attached hydrogens (tertiary/aromatic N) is 3. The van der Waals surface area contributed by atoms with Gasteiger partial charge in [-0.1, -0.05) is 6.07 Å². The van der Waals surface area contributed by atoms with E-state index in [1.54, 1.807) is 42.9 Å². The maximum Gasteiger partial charge on any atom is 0.274 e. The van der Waals surface area contributed by atoms with Gasteiger partial charge < -0.3 is 20.5 Å². The van der Waals surface area contributed by atoms with E-state index in [0.29, 0.717) is 6.61 Å². The van der Waals surface area contributed by atoms with E-state index in [2.05, 4.69) is 20.7 Å². The summed E-state index contributed by atoms with van der Waals surface area (Å²) in [5.41, 5.74) is -0.285. The first-order chi connectivity index (χ1) is 13.4. The number of carbonyl (C=O) groups excluding carboxylic acids is 2. The second-order valence-electron chi connectivity index (χ2n) is 7.36. The van der Waals surface area contributed by atoms with Gasteiger partial charge in [0.1, 0.15) is 11.9 Å². The lowest BCUT2D eigenvalue weighted by atomic mass is 10.1. The molecule has 1 aliphatic rings. The molecule has 150 valence electrons. The lowest BCUT2D eigenvalue weighted by Crippen LogP contribution is -2.46. The topological polar surface area (TPSA) is 118 Å².